The molecule has 1 aromatic carbocycles. The van der Waals surface area contributed by atoms with E-state index in [0.717, 1.165) is 22.1 Å². The second-order valence-corrected chi connectivity index (χ2v) is 6.11. The third kappa shape index (κ3) is 2.50. The van der Waals surface area contributed by atoms with Crippen LogP contribution in [0.25, 0.3) is 21.9 Å². The maximum atomic E-state index is 11.5. The smallest absolute Gasteiger partial charge is 0.219 e. The zero-order valence-electron chi connectivity index (χ0n) is 14.1. The van der Waals surface area contributed by atoms with E-state index >= 15 is 0 Å². The average molecular weight is 341 g/mol. The summed E-state index contributed by atoms with van der Waals surface area (Å²) < 4.78 is 5.23. The van der Waals surface area contributed by atoms with Crippen LogP contribution in [0.15, 0.2) is 18.5 Å². The van der Waals surface area contributed by atoms with Crippen molar-refractivity contribution in [2.24, 2.45) is 0 Å². The zero-order valence-corrected chi connectivity index (χ0v) is 14.1. The van der Waals surface area contributed by atoms with Gasteiger partial charge in [-0.25, -0.2) is 9.97 Å². The van der Waals surface area contributed by atoms with E-state index in [2.05, 4.69) is 19.9 Å². The van der Waals surface area contributed by atoms with Crippen molar-refractivity contribution in [1.82, 2.24) is 19.9 Å². The van der Waals surface area contributed by atoms with Crippen molar-refractivity contribution in [1.29, 1.82) is 0 Å². The third-order valence-electron chi connectivity index (χ3n) is 4.69. The predicted octanol–water partition coefficient (Wildman–Crippen LogP) is 1.49. The topological polar surface area (TPSA) is 94.6 Å². The van der Waals surface area contributed by atoms with Crippen LogP contribution in [0.1, 0.15) is 6.92 Å². The lowest BCUT2D eigenvalue weighted by Crippen LogP contribution is -2.48. The number of aromatic hydroxyl groups is 1. The summed E-state index contributed by atoms with van der Waals surface area (Å²) in [6.07, 6.45) is 1.53. The number of methoxy groups -OCH3 is 1. The monoisotopic (exact) mass is 341 g/mol. The number of piperazine rings is 1. The van der Waals surface area contributed by atoms with Gasteiger partial charge in [-0.2, -0.15) is 0 Å². The molecule has 3 heterocycles. The standard InChI is InChI=1S/C17H19N5O3/c1-10(23)21-3-5-22(6-4-21)17-15-11-7-14(25-2)13(24)8-12(11)20-16(15)18-9-19-17/h7-9,24H,3-6H2,1-2H3,(H,18,19,20). The number of rotatable bonds is 2. The molecule has 2 N–H and O–H groups in total. The number of amides is 1. The lowest BCUT2D eigenvalue weighted by Gasteiger charge is -2.35. The van der Waals surface area contributed by atoms with Crippen LogP contribution < -0.4 is 9.64 Å². The van der Waals surface area contributed by atoms with Crippen molar-refractivity contribution >= 4 is 33.7 Å². The van der Waals surface area contributed by atoms with Gasteiger partial charge in [0.2, 0.25) is 5.91 Å². The summed E-state index contributed by atoms with van der Waals surface area (Å²) in [4.78, 5) is 27.6. The number of H-pyrrole nitrogens is 1. The highest BCUT2D eigenvalue weighted by Crippen LogP contribution is 2.37. The van der Waals surface area contributed by atoms with Crippen LogP contribution in [0.2, 0.25) is 0 Å². The molecular weight excluding hydrogens is 322 g/mol. The van der Waals surface area contributed by atoms with Gasteiger partial charge < -0.3 is 24.6 Å². The van der Waals surface area contributed by atoms with E-state index in [0.29, 0.717) is 37.6 Å². The van der Waals surface area contributed by atoms with E-state index in [4.69, 9.17) is 4.74 Å². The predicted molar refractivity (Wildman–Crippen MR) is 94.1 cm³/mol. The van der Waals surface area contributed by atoms with Crippen molar-refractivity contribution in [2.75, 3.05) is 38.2 Å². The maximum absolute atomic E-state index is 11.5. The Hall–Kier alpha value is -3.03. The van der Waals surface area contributed by atoms with Crippen molar-refractivity contribution in [3.05, 3.63) is 18.5 Å². The van der Waals surface area contributed by atoms with Crippen LogP contribution in [-0.2, 0) is 4.79 Å². The van der Waals surface area contributed by atoms with Gasteiger partial charge in [0.1, 0.15) is 17.8 Å². The maximum Gasteiger partial charge on any atom is 0.219 e. The number of phenols is 1. The summed E-state index contributed by atoms with van der Waals surface area (Å²) in [6, 6.07) is 3.43. The first-order valence-corrected chi connectivity index (χ1v) is 8.12. The Balaban J connectivity index is 1.82. The Morgan fingerprint density at radius 2 is 2.00 bits per heavy atom. The van der Waals surface area contributed by atoms with Crippen LogP contribution in [0.3, 0.4) is 0 Å². The van der Waals surface area contributed by atoms with Crippen LogP contribution >= 0.6 is 0 Å². The number of nitrogens with zero attached hydrogens (tertiary/aromatic N) is 4. The van der Waals surface area contributed by atoms with E-state index in [1.807, 2.05) is 4.90 Å². The molecule has 1 fully saturated rings. The van der Waals surface area contributed by atoms with Gasteiger partial charge in [0.05, 0.1) is 18.0 Å². The molecule has 25 heavy (non-hydrogen) atoms. The summed E-state index contributed by atoms with van der Waals surface area (Å²) in [6.45, 7) is 4.37. The molecule has 130 valence electrons. The Morgan fingerprint density at radius 3 is 2.68 bits per heavy atom. The number of aromatic amines is 1. The van der Waals surface area contributed by atoms with E-state index < -0.39 is 0 Å². The largest absolute Gasteiger partial charge is 0.504 e. The number of ether oxygens (including phenoxy) is 1. The third-order valence-corrected chi connectivity index (χ3v) is 4.69. The van der Waals surface area contributed by atoms with Gasteiger partial charge in [0.25, 0.3) is 0 Å². The fourth-order valence-corrected chi connectivity index (χ4v) is 3.36. The van der Waals surface area contributed by atoms with Gasteiger partial charge in [0, 0.05) is 44.6 Å². The summed E-state index contributed by atoms with van der Waals surface area (Å²) in [5.41, 5.74) is 1.49. The minimum atomic E-state index is 0.0751. The lowest BCUT2D eigenvalue weighted by molar-refractivity contribution is -0.129. The fraction of sp³-hybridized carbons (Fsp3) is 0.353. The zero-order chi connectivity index (χ0) is 17.6. The Bertz CT molecular complexity index is 960. The normalized spacial score (nSPS) is 15.1. The molecule has 1 aliphatic heterocycles. The molecule has 4 rings (SSSR count). The molecule has 8 heteroatoms. The number of hydrogen-bond acceptors (Lipinski definition) is 6. The first-order chi connectivity index (χ1) is 12.1. The molecule has 1 amide bonds. The highest BCUT2D eigenvalue weighted by atomic mass is 16.5. The number of hydrogen-bond donors (Lipinski definition) is 2. The van der Waals surface area contributed by atoms with Gasteiger partial charge in [-0.15, -0.1) is 0 Å². The molecule has 0 saturated carbocycles. The summed E-state index contributed by atoms with van der Waals surface area (Å²) in [7, 11) is 1.52. The van der Waals surface area contributed by atoms with Gasteiger partial charge in [-0.1, -0.05) is 0 Å². The van der Waals surface area contributed by atoms with E-state index in [9.17, 15) is 9.90 Å². The minimum absolute atomic E-state index is 0.0751. The van der Waals surface area contributed by atoms with Crippen molar-refractivity contribution in [2.45, 2.75) is 6.92 Å². The van der Waals surface area contributed by atoms with Crippen LogP contribution in [0.4, 0.5) is 5.82 Å². The van der Waals surface area contributed by atoms with Crippen molar-refractivity contribution in [3.63, 3.8) is 0 Å². The number of fused-ring (bicyclic) bond motifs is 3. The molecule has 3 aromatic rings. The van der Waals surface area contributed by atoms with Crippen LogP contribution in [-0.4, -0.2) is 64.2 Å². The number of nitrogens with one attached hydrogen (secondary N) is 1. The van der Waals surface area contributed by atoms with Crippen LogP contribution in [0, 0.1) is 0 Å². The van der Waals surface area contributed by atoms with Crippen LogP contribution in [0.5, 0.6) is 11.5 Å². The molecule has 0 unspecified atom stereocenters. The number of carbonyl (C=O) groups is 1. The number of aromatic nitrogens is 3. The molecule has 0 aliphatic carbocycles. The number of anilines is 1. The van der Waals surface area contributed by atoms with Crippen molar-refractivity contribution < 1.29 is 14.6 Å². The summed E-state index contributed by atoms with van der Waals surface area (Å²) >= 11 is 0. The molecule has 2 aromatic heterocycles. The number of carbonyl (C=O) groups excluding carboxylic acids is 1. The molecule has 0 radical (unpaired) electrons. The van der Waals surface area contributed by atoms with E-state index in [1.165, 1.54) is 13.4 Å². The highest BCUT2D eigenvalue weighted by Gasteiger charge is 2.23. The van der Waals surface area contributed by atoms with Gasteiger partial charge in [-0.3, -0.25) is 4.79 Å². The van der Waals surface area contributed by atoms with Gasteiger partial charge in [-0.05, 0) is 6.07 Å². The molecule has 0 atom stereocenters. The highest BCUT2D eigenvalue weighted by molar-refractivity contribution is 6.12. The summed E-state index contributed by atoms with van der Waals surface area (Å²) in [5, 5.41) is 11.8. The Labute approximate surface area is 144 Å². The molecular formula is C17H19N5O3. The lowest BCUT2D eigenvalue weighted by atomic mass is 10.1. The Kier molecular flexibility index (Phi) is 3.60. The SMILES string of the molecule is COc1cc2c(cc1O)[nH]c1ncnc(N3CCN(C(C)=O)CC3)c12. The molecule has 0 spiro atoms. The quantitative estimate of drug-likeness (QED) is 0.733. The van der Waals surface area contributed by atoms with Crippen molar-refractivity contribution in [3.8, 4) is 11.5 Å². The second-order valence-electron chi connectivity index (χ2n) is 6.11. The minimum Gasteiger partial charge on any atom is -0.504 e. The first-order valence-electron chi connectivity index (χ1n) is 8.12. The average Bonchev–Trinajstić information content (AvgIpc) is 2.98. The molecule has 1 saturated heterocycles. The second kappa shape index (κ2) is 5.80. The summed E-state index contributed by atoms with van der Waals surface area (Å²) in [5.74, 6) is 1.41. The number of phenolic OH excluding ortho intramolecular Hbond substituents is 1. The number of benzene rings is 1. The van der Waals surface area contributed by atoms with E-state index in [1.54, 1.807) is 19.1 Å². The first kappa shape index (κ1) is 15.5. The molecule has 0 bridgehead atoms. The van der Waals surface area contributed by atoms with E-state index in [-0.39, 0.29) is 11.7 Å². The fourth-order valence-electron chi connectivity index (χ4n) is 3.36. The molecule has 1 aliphatic rings. The Morgan fingerprint density at radius 1 is 1.24 bits per heavy atom. The molecule has 8 nitrogen and oxygen atoms in total. The van der Waals surface area contributed by atoms with Gasteiger partial charge >= 0.3 is 0 Å². The van der Waals surface area contributed by atoms with Gasteiger partial charge in [0.15, 0.2) is 11.5 Å².